The second kappa shape index (κ2) is 7.22. The molecular formula is C16H24N4O. The van der Waals surface area contributed by atoms with Crippen LogP contribution in [-0.2, 0) is 0 Å². The zero-order valence-corrected chi connectivity index (χ0v) is 13.2. The van der Waals surface area contributed by atoms with Crippen LogP contribution in [0.4, 0.5) is 0 Å². The Balaban J connectivity index is 2.48. The van der Waals surface area contributed by atoms with Crippen molar-refractivity contribution >= 4 is 0 Å². The van der Waals surface area contributed by atoms with Gasteiger partial charge in [-0.05, 0) is 44.5 Å². The summed E-state index contributed by atoms with van der Waals surface area (Å²) in [5, 5.41) is 8.07. The molecule has 2 rings (SSSR count). The Labute approximate surface area is 126 Å². The Hall–Kier alpha value is -1.88. The number of aromatic nitrogens is 3. The van der Waals surface area contributed by atoms with Gasteiger partial charge in [0.1, 0.15) is 5.69 Å². The molecular weight excluding hydrogens is 264 g/mol. The monoisotopic (exact) mass is 288 g/mol. The lowest BCUT2D eigenvalue weighted by Gasteiger charge is -2.23. The van der Waals surface area contributed by atoms with Crippen molar-refractivity contribution in [2.75, 3.05) is 13.7 Å². The highest BCUT2D eigenvalue weighted by atomic mass is 16.5. The molecule has 1 N–H and O–H groups in total. The molecule has 0 spiro atoms. The number of nitrogens with one attached hydrogen (secondary N) is 1. The van der Waals surface area contributed by atoms with Gasteiger partial charge in [0, 0.05) is 18.4 Å². The fraction of sp³-hybridized carbons (Fsp3) is 0.500. The topological polar surface area (TPSA) is 52.0 Å². The van der Waals surface area contributed by atoms with Gasteiger partial charge in [-0.1, -0.05) is 6.92 Å². The number of hydrogen-bond acceptors (Lipinski definition) is 4. The highest BCUT2D eigenvalue weighted by Gasteiger charge is 2.24. The average Bonchev–Trinajstić information content (AvgIpc) is 2.93. The van der Waals surface area contributed by atoms with Crippen LogP contribution in [0.3, 0.4) is 0 Å². The zero-order chi connectivity index (χ0) is 15.2. The third-order valence-corrected chi connectivity index (χ3v) is 3.42. The normalized spacial score (nSPS) is 12.6. The van der Waals surface area contributed by atoms with Crippen molar-refractivity contribution in [3.63, 3.8) is 0 Å². The van der Waals surface area contributed by atoms with E-state index in [0.717, 1.165) is 24.4 Å². The van der Waals surface area contributed by atoms with Gasteiger partial charge in [0.25, 0.3) is 0 Å². The summed E-state index contributed by atoms with van der Waals surface area (Å²) in [6, 6.07) is 4.39. The van der Waals surface area contributed by atoms with Gasteiger partial charge < -0.3 is 10.1 Å². The number of ether oxygens (including phenoxy) is 1. The van der Waals surface area contributed by atoms with E-state index in [4.69, 9.17) is 4.74 Å². The number of methoxy groups -OCH3 is 1. The number of nitrogens with zero attached hydrogens (tertiary/aromatic N) is 3. The van der Waals surface area contributed by atoms with Crippen LogP contribution in [0.2, 0.25) is 0 Å². The van der Waals surface area contributed by atoms with Crippen LogP contribution in [-0.4, -0.2) is 28.4 Å². The molecule has 0 saturated heterocycles. The minimum Gasteiger partial charge on any atom is -0.493 e. The van der Waals surface area contributed by atoms with E-state index in [2.05, 4.69) is 36.2 Å². The molecule has 1 unspecified atom stereocenters. The first-order valence-corrected chi connectivity index (χ1v) is 7.43. The van der Waals surface area contributed by atoms with Crippen LogP contribution >= 0.6 is 0 Å². The van der Waals surface area contributed by atoms with E-state index in [0.29, 0.717) is 0 Å². The van der Waals surface area contributed by atoms with Crippen molar-refractivity contribution in [3.8, 4) is 5.75 Å². The van der Waals surface area contributed by atoms with E-state index in [1.54, 1.807) is 13.3 Å². The fourth-order valence-corrected chi connectivity index (χ4v) is 2.42. The molecule has 0 aromatic carbocycles. The smallest absolute Gasteiger partial charge is 0.161 e. The largest absolute Gasteiger partial charge is 0.493 e. The summed E-state index contributed by atoms with van der Waals surface area (Å²) in [7, 11) is 1.69. The first-order valence-electron chi connectivity index (χ1n) is 7.43. The third kappa shape index (κ3) is 3.42. The molecule has 114 valence electrons. The zero-order valence-electron chi connectivity index (χ0n) is 13.2. The Morgan fingerprint density at radius 2 is 2.00 bits per heavy atom. The molecule has 0 aliphatic heterocycles. The summed E-state index contributed by atoms with van der Waals surface area (Å²) in [5.41, 5.74) is 2.23. The molecule has 0 amide bonds. The maximum Gasteiger partial charge on any atom is 0.161 e. The van der Waals surface area contributed by atoms with Crippen LogP contribution in [0.15, 0.2) is 30.7 Å². The average molecular weight is 288 g/mol. The van der Waals surface area contributed by atoms with E-state index in [1.165, 1.54) is 5.56 Å². The maximum atomic E-state index is 5.52. The van der Waals surface area contributed by atoms with Crippen LogP contribution in [0.5, 0.6) is 5.75 Å². The number of pyridine rings is 1. The molecule has 2 heterocycles. The molecule has 0 radical (unpaired) electrons. The van der Waals surface area contributed by atoms with Crippen molar-refractivity contribution in [1.82, 2.24) is 20.1 Å². The van der Waals surface area contributed by atoms with Crippen LogP contribution in [0, 0.1) is 0 Å². The van der Waals surface area contributed by atoms with Crippen molar-refractivity contribution in [2.45, 2.75) is 39.3 Å². The first kappa shape index (κ1) is 15.5. The third-order valence-electron chi connectivity index (χ3n) is 3.42. The Morgan fingerprint density at radius 1 is 1.29 bits per heavy atom. The van der Waals surface area contributed by atoms with Crippen molar-refractivity contribution in [2.24, 2.45) is 0 Å². The van der Waals surface area contributed by atoms with E-state index >= 15 is 0 Å². The molecule has 0 aliphatic rings. The molecule has 0 bridgehead atoms. The van der Waals surface area contributed by atoms with Gasteiger partial charge in [0.05, 0.1) is 19.3 Å². The number of hydrogen-bond donors (Lipinski definition) is 1. The van der Waals surface area contributed by atoms with Gasteiger partial charge in [-0.2, -0.15) is 5.10 Å². The van der Waals surface area contributed by atoms with E-state index in [-0.39, 0.29) is 12.1 Å². The fourth-order valence-electron chi connectivity index (χ4n) is 2.42. The summed E-state index contributed by atoms with van der Waals surface area (Å²) in [5.74, 6) is 0.814. The lowest BCUT2D eigenvalue weighted by molar-refractivity contribution is 0.393. The SMILES string of the molecule is CCCNC(c1ccncc1)c1c(OC)cnn1C(C)C. The van der Waals surface area contributed by atoms with Gasteiger partial charge in [-0.15, -0.1) is 0 Å². The quantitative estimate of drug-likeness (QED) is 0.851. The molecule has 1 atom stereocenters. The van der Waals surface area contributed by atoms with Crippen LogP contribution < -0.4 is 10.1 Å². The van der Waals surface area contributed by atoms with Gasteiger partial charge in [-0.3, -0.25) is 9.67 Å². The summed E-state index contributed by atoms with van der Waals surface area (Å²) in [6.07, 6.45) is 6.49. The predicted molar refractivity (Wildman–Crippen MR) is 83.5 cm³/mol. The van der Waals surface area contributed by atoms with Crippen LogP contribution in [0.1, 0.15) is 50.5 Å². The molecule has 5 heteroatoms. The minimum absolute atomic E-state index is 0.0489. The standard InChI is InChI=1S/C16H24N4O/c1-5-8-18-15(13-6-9-17-10-7-13)16-14(21-4)11-19-20(16)12(2)3/h6-7,9-12,15,18H,5,8H2,1-4H3. The molecule has 21 heavy (non-hydrogen) atoms. The van der Waals surface area contributed by atoms with E-state index < -0.39 is 0 Å². The lowest BCUT2D eigenvalue weighted by Crippen LogP contribution is -2.27. The second-order valence-corrected chi connectivity index (χ2v) is 5.30. The molecule has 2 aromatic rings. The lowest BCUT2D eigenvalue weighted by atomic mass is 10.0. The second-order valence-electron chi connectivity index (χ2n) is 5.30. The first-order chi connectivity index (χ1) is 10.2. The molecule has 0 fully saturated rings. The number of rotatable bonds is 7. The summed E-state index contributed by atoms with van der Waals surface area (Å²) < 4.78 is 7.54. The molecule has 5 nitrogen and oxygen atoms in total. The summed E-state index contributed by atoms with van der Waals surface area (Å²) in [6.45, 7) is 7.34. The minimum atomic E-state index is 0.0489. The predicted octanol–water partition coefficient (Wildman–Crippen LogP) is 2.96. The Morgan fingerprint density at radius 3 is 2.57 bits per heavy atom. The maximum absolute atomic E-state index is 5.52. The Kier molecular flexibility index (Phi) is 5.33. The molecule has 0 saturated carbocycles. The summed E-state index contributed by atoms with van der Waals surface area (Å²) >= 11 is 0. The molecule has 0 aliphatic carbocycles. The highest BCUT2D eigenvalue weighted by molar-refractivity contribution is 5.36. The van der Waals surface area contributed by atoms with Crippen molar-refractivity contribution < 1.29 is 4.74 Å². The van der Waals surface area contributed by atoms with E-state index in [9.17, 15) is 0 Å². The van der Waals surface area contributed by atoms with Gasteiger partial charge in [-0.25, -0.2) is 0 Å². The van der Waals surface area contributed by atoms with Crippen molar-refractivity contribution in [1.29, 1.82) is 0 Å². The molecule has 2 aromatic heterocycles. The van der Waals surface area contributed by atoms with Gasteiger partial charge in [0.2, 0.25) is 0 Å². The van der Waals surface area contributed by atoms with Crippen LogP contribution in [0.25, 0.3) is 0 Å². The van der Waals surface area contributed by atoms with Gasteiger partial charge >= 0.3 is 0 Å². The van der Waals surface area contributed by atoms with Crippen molar-refractivity contribution in [3.05, 3.63) is 42.0 Å². The van der Waals surface area contributed by atoms with E-state index in [1.807, 2.05) is 29.2 Å². The summed E-state index contributed by atoms with van der Waals surface area (Å²) in [4.78, 5) is 4.11. The van der Waals surface area contributed by atoms with Gasteiger partial charge in [0.15, 0.2) is 5.75 Å². The Bertz CT molecular complexity index is 551. The highest BCUT2D eigenvalue weighted by Crippen LogP contribution is 2.31.